The average Bonchev–Trinajstić information content (AvgIpc) is 2.26. The Bertz CT molecular complexity index is 312. The van der Waals surface area contributed by atoms with Crippen molar-refractivity contribution >= 4 is 0 Å². The predicted molar refractivity (Wildman–Crippen MR) is 53.6 cm³/mol. The summed E-state index contributed by atoms with van der Waals surface area (Å²) in [7, 11) is 0. The molecule has 3 heteroatoms. The quantitative estimate of drug-likeness (QED) is 0.733. The number of rotatable bonds is 3. The summed E-state index contributed by atoms with van der Waals surface area (Å²) in [5, 5.41) is 0. The summed E-state index contributed by atoms with van der Waals surface area (Å²) >= 11 is 0. The molecule has 76 valence electrons. The fourth-order valence-corrected chi connectivity index (χ4v) is 1.75. The molecule has 1 aromatic rings. The highest BCUT2D eigenvalue weighted by atomic mass is 16.6. The van der Waals surface area contributed by atoms with E-state index in [-0.39, 0.29) is 0 Å². The van der Waals surface area contributed by atoms with Crippen molar-refractivity contribution in [1.29, 1.82) is 0 Å². The van der Waals surface area contributed by atoms with Gasteiger partial charge in [-0.3, -0.25) is 0 Å². The molecule has 0 saturated heterocycles. The van der Waals surface area contributed by atoms with Crippen LogP contribution in [0.3, 0.4) is 0 Å². The van der Waals surface area contributed by atoms with E-state index >= 15 is 0 Å². The SMILES string of the molecule is NOCCc1ccc2c(c1)CCOC2. The lowest BCUT2D eigenvalue weighted by atomic mass is 9.99. The van der Waals surface area contributed by atoms with E-state index < -0.39 is 0 Å². The lowest BCUT2D eigenvalue weighted by molar-refractivity contribution is 0.110. The standard InChI is InChI=1S/C11H15NO2/c12-14-6-3-9-1-2-11-8-13-5-4-10(11)7-9/h1-2,7H,3-6,8,12H2. The first-order valence-electron chi connectivity index (χ1n) is 4.90. The van der Waals surface area contributed by atoms with E-state index in [4.69, 9.17) is 10.6 Å². The van der Waals surface area contributed by atoms with E-state index in [9.17, 15) is 0 Å². The number of ether oxygens (including phenoxy) is 1. The normalized spacial score (nSPS) is 15.2. The third-order valence-corrected chi connectivity index (χ3v) is 2.55. The van der Waals surface area contributed by atoms with E-state index in [0.717, 1.165) is 26.1 Å². The van der Waals surface area contributed by atoms with Gasteiger partial charge >= 0.3 is 0 Å². The molecule has 14 heavy (non-hydrogen) atoms. The Kier molecular flexibility index (Phi) is 3.14. The molecule has 0 bridgehead atoms. The molecule has 0 saturated carbocycles. The summed E-state index contributed by atoms with van der Waals surface area (Å²) in [5.41, 5.74) is 4.01. The molecule has 3 nitrogen and oxygen atoms in total. The van der Waals surface area contributed by atoms with E-state index in [1.165, 1.54) is 16.7 Å². The molecule has 1 heterocycles. The largest absolute Gasteiger partial charge is 0.376 e. The summed E-state index contributed by atoms with van der Waals surface area (Å²) in [4.78, 5) is 4.57. The maximum absolute atomic E-state index is 5.37. The van der Waals surface area contributed by atoms with Crippen LogP contribution in [0.1, 0.15) is 16.7 Å². The number of fused-ring (bicyclic) bond motifs is 1. The maximum atomic E-state index is 5.37. The van der Waals surface area contributed by atoms with Crippen molar-refractivity contribution in [2.45, 2.75) is 19.4 Å². The fraction of sp³-hybridized carbons (Fsp3) is 0.455. The molecule has 1 aliphatic heterocycles. The second-order valence-corrected chi connectivity index (χ2v) is 3.53. The van der Waals surface area contributed by atoms with Gasteiger partial charge in [0.05, 0.1) is 19.8 Å². The van der Waals surface area contributed by atoms with Crippen molar-refractivity contribution in [3.8, 4) is 0 Å². The van der Waals surface area contributed by atoms with Crippen molar-refractivity contribution in [3.05, 3.63) is 34.9 Å². The smallest absolute Gasteiger partial charge is 0.0719 e. The van der Waals surface area contributed by atoms with Crippen LogP contribution in [0.25, 0.3) is 0 Å². The average molecular weight is 193 g/mol. The van der Waals surface area contributed by atoms with Gasteiger partial charge in [0, 0.05) is 0 Å². The highest BCUT2D eigenvalue weighted by Crippen LogP contribution is 2.18. The Hall–Kier alpha value is -0.900. The molecule has 0 aromatic heterocycles. The van der Waals surface area contributed by atoms with Gasteiger partial charge in [0.25, 0.3) is 0 Å². The van der Waals surface area contributed by atoms with E-state index in [2.05, 4.69) is 23.0 Å². The fourth-order valence-electron chi connectivity index (χ4n) is 1.75. The summed E-state index contributed by atoms with van der Waals surface area (Å²) in [6.45, 7) is 2.17. The van der Waals surface area contributed by atoms with Crippen LogP contribution in [-0.4, -0.2) is 13.2 Å². The molecule has 0 spiro atoms. The van der Waals surface area contributed by atoms with E-state index in [1.807, 2.05) is 0 Å². The van der Waals surface area contributed by atoms with Crippen LogP contribution >= 0.6 is 0 Å². The van der Waals surface area contributed by atoms with Crippen LogP contribution in [0.2, 0.25) is 0 Å². The topological polar surface area (TPSA) is 44.5 Å². The van der Waals surface area contributed by atoms with Gasteiger partial charge < -0.3 is 9.57 Å². The first kappa shape index (κ1) is 9.65. The molecule has 2 N–H and O–H groups in total. The highest BCUT2D eigenvalue weighted by molar-refractivity contribution is 5.33. The second-order valence-electron chi connectivity index (χ2n) is 3.53. The van der Waals surface area contributed by atoms with Gasteiger partial charge in [-0.1, -0.05) is 18.2 Å². The van der Waals surface area contributed by atoms with Crippen LogP contribution < -0.4 is 5.90 Å². The molecule has 1 aliphatic rings. The van der Waals surface area contributed by atoms with Crippen molar-refractivity contribution in [2.24, 2.45) is 5.90 Å². The third-order valence-electron chi connectivity index (χ3n) is 2.55. The van der Waals surface area contributed by atoms with Gasteiger partial charge in [-0.15, -0.1) is 0 Å². The lowest BCUT2D eigenvalue weighted by Crippen LogP contribution is -2.10. The molecule has 0 amide bonds. The summed E-state index contributed by atoms with van der Waals surface area (Å²) < 4.78 is 5.37. The molecular formula is C11H15NO2. The van der Waals surface area contributed by atoms with Gasteiger partial charge in [0.1, 0.15) is 0 Å². The van der Waals surface area contributed by atoms with Crippen LogP contribution in [0, 0.1) is 0 Å². The lowest BCUT2D eigenvalue weighted by Gasteiger charge is -2.17. The van der Waals surface area contributed by atoms with E-state index in [0.29, 0.717) is 6.61 Å². The first-order chi connectivity index (χ1) is 6.90. The zero-order valence-electron chi connectivity index (χ0n) is 8.16. The van der Waals surface area contributed by atoms with Crippen molar-refractivity contribution < 1.29 is 9.57 Å². The minimum atomic E-state index is 0.579. The molecule has 0 atom stereocenters. The molecular weight excluding hydrogens is 178 g/mol. The third kappa shape index (κ3) is 2.12. The summed E-state index contributed by atoms with van der Waals surface area (Å²) in [5.74, 6) is 4.99. The van der Waals surface area contributed by atoms with Gasteiger partial charge in [-0.25, -0.2) is 5.90 Å². The van der Waals surface area contributed by atoms with Gasteiger partial charge in [0.15, 0.2) is 0 Å². The molecule has 0 unspecified atom stereocenters. The summed E-state index contributed by atoms with van der Waals surface area (Å²) in [6.07, 6.45) is 1.90. The predicted octanol–water partition coefficient (Wildman–Crippen LogP) is 1.19. The van der Waals surface area contributed by atoms with Crippen LogP contribution in [-0.2, 0) is 29.0 Å². The number of nitrogens with two attached hydrogens (primary N) is 1. The Morgan fingerprint density at radius 3 is 3.14 bits per heavy atom. The van der Waals surface area contributed by atoms with Crippen molar-refractivity contribution in [3.63, 3.8) is 0 Å². The monoisotopic (exact) mass is 193 g/mol. The Morgan fingerprint density at radius 2 is 2.29 bits per heavy atom. The first-order valence-corrected chi connectivity index (χ1v) is 4.90. The minimum absolute atomic E-state index is 0.579. The highest BCUT2D eigenvalue weighted by Gasteiger charge is 2.09. The van der Waals surface area contributed by atoms with Crippen molar-refractivity contribution in [2.75, 3.05) is 13.2 Å². The molecule has 0 aliphatic carbocycles. The number of benzene rings is 1. The van der Waals surface area contributed by atoms with Crippen LogP contribution in [0.4, 0.5) is 0 Å². The summed E-state index contributed by atoms with van der Waals surface area (Å²) in [6, 6.07) is 6.49. The number of hydrogen-bond donors (Lipinski definition) is 1. The Labute approximate surface area is 83.8 Å². The minimum Gasteiger partial charge on any atom is -0.376 e. The number of hydrogen-bond acceptors (Lipinski definition) is 3. The molecule has 1 aromatic carbocycles. The van der Waals surface area contributed by atoms with Crippen LogP contribution in [0.15, 0.2) is 18.2 Å². The molecule has 2 rings (SSSR count). The van der Waals surface area contributed by atoms with Gasteiger partial charge in [0.2, 0.25) is 0 Å². The van der Waals surface area contributed by atoms with E-state index in [1.54, 1.807) is 0 Å². The Balaban J connectivity index is 2.12. The van der Waals surface area contributed by atoms with Gasteiger partial charge in [-0.2, -0.15) is 0 Å². The second kappa shape index (κ2) is 4.55. The molecule has 0 radical (unpaired) electrons. The van der Waals surface area contributed by atoms with Gasteiger partial charge in [-0.05, 0) is 29.5 Å². The zero-order valence-corrected chi connectivity index (χ0v) is 8.16. The zero-order chi connectivity index (χ0) is 9.80. The Morgan fingerprint density at radius 1 is 1.36 bits per heavy atom. The maximum Gasteiger partial charge on any atom is 0.0719 e. The molecule has 0 fully saturated rings. The van der Waals surface area contributed by atoms with Crippen LogP contribution in [0.5, 0.6) is 0 Å². The van der Waals surface area contributed by atoms with Crippen molar-refractivity contribution in [1.82, 2.24) is 0 Å².